The molecule has 0 bridgehead atoms. The highest BCUT2D eigenvalue weighted by atomic mass is 32.2. The number of rotatable bonds is 8. The number of hydrogen-bond acceptors (Lipinski definition) is 6. The van der Waals surface area contributed by atoms with Gasteiger partial charge in [-0.2, -0.15) is 5.10 Å². The van der Waals surface area contributed by atoms with Gasteiger partial charge in [0.2, 0.25) is 0 Å². The van der Waals surface area contributed by atoms with E-state index in [9.17, 15) is 9.59 Å². The molecule has 30 heavy (non-hydrogen) atoms. The Kier molecular flexibility index (Phi) is 6.97. The fraction of sp³-hybridized carbons (Fsp3) is 0.190. The quantitative estimate of drug-likeness (QED) is 0.327. The molecule has 1 amide bonds. The Morgan fingerprint density at radius 3 is 2.47 bits per heavy atom. The molecule has 2 aromatic carbocycles. The van der Waals surface area contributed by atoms with Crippen LogP contribution in [0.3, 0.4) is 0 Å². The number of aromatic carboxylic acids is 1. The van der Waals surface area contributed by atoms with Gasteiger partial charge in [0.1, 0.15) is 0 Å². The van der Waals surface area contributed by atoms with Crippen LogP contribution in [-0.4, -0.2) is 43.7 Å². The molecule has 0 fully saturated rings. The van der Waals surface area contributed by atoms with E-state index in [2.05, 4.69) is 20.7 Å². The summed E-state index contributed by atoms with van der Waals surface area (Å²) in [5, 5.41) is 21.9. The first-order valence-electron chi connectivity index (χ1n) is 9.26. The number of nitrogens with zero attached hydrogens (tertiary/aromatic N) is 4. The summed E-state index contributed by atoms with van der Waals surface area (Å²) in [5.41, 5.74) is 5.48. The largest absolute Gasteiger partial charge is 0.478 e. The molecular weight excluding hydrogens is 402 g/mol. The summed E-state index contributed by atoms with van der Waals surface area (Å²) in [5.74, 6) is -0.361. The predicted octanol–water partition coefficient (Wildman–Crippen LogP) is 3.21. The van der Waals surface area contributed by atoms with Crippen molar-refractivity contribution in [2.45, 2.75) is 25.5 Å². The Morgan fingerprint density at radius 1 is 1.13 bits per heavy atom. The van der Waals surface area contributed by atoms with Crippen molar-refractivity contribution >= 4 is 29.9 Å². The van der Waals surface area contributed by atoms with Crippen molar-refractivity contribution < 1.29 is 14.7 Å². The van der Waals surface area contributed by atoms with Gasteiger partial charge in [-0.15, -0.1) is 10.2 Å². The minimum Gasteiger partial charge on any atom is -0.478 e. The molecule has 0 aliphatic carbocycles. The van der Waals surface area contributed by atoms with Crippen LogP contribution in [0.4, 0.5) is 0 Å². The van der Waals surface area contributed by atoms with Crippen LogP contribution < -0.4 is 5.43 Å². The van der Waals surface area contributed by atoms with Gasteiger partial charge in [0.15, 0.2) is 11.0 Å². The summed E-state index contributed by atoms with van der Waals surface area (Å²) >= 11 is 1.29. The third kappa shape index (κ3) is 5.32. The highest BCUT2D eigenvalue weighted by molar-refractivity contribution is 7.99. The number of carbonyl (C=O) groups is 2. The molecular formula is C21H21N5O3S. The summed E-state index contributed by atoms with van der Waals surface area (Å²) in [6.07, 6.45) is 1.46. The number of carboxylic acids is 1. The van der Waals surface area contributed by atoms with Crippen LogP contribution in [0.2, 0.25) is 0 Å². The van der Waals surface area contributed by atoms with Crippen LogP contribution in [0.1, 0.15) is 28.4 Å². The lowest BCUT2D eigenvalue weighted by Gasteiger charge is -2.07. The van der Waals surface area contributed by atoms with Gasteiger partial charge in [0.25, 0.3) is 5.91 Å². The Bertz CT molecular complexity index is 1060. The number of amides is 1. The number of carboxylic acid groups (broad SMARTS) is 1. The second-order valence-corrected chi connectivity index (χ2v) is 7.37. The van der Waals surface area contributed by atoms with E-state index in [1.165, 1.54) is 35.7 Å². The molecule has 0 spiro atoms. The molecule has 0 saturated carbocycles. The van der Waals surface area contributed by atoms with Gasteiger partial charge < -0.3 is 9.67 Å². The normalized spacial score (nSPS) is 11.0. The molecule has 0 atom stereocenters. The molecule has 1 aromatic heterocycles. The molecule has 3 aromatic rings. The lowest BCUT2D eigenvalue weighted by Crippen LogP contribution is -2.20. The van der Waals surface area contributed by atoms with Crippen molar-refractivity contribution in [3.05, 3.63) is 65.2 Å². The first kappa shape index (κ1) is 21.3. The summed E-state index contributed by atoms with van der Waals surface area (Å²) in [6, 6.07) is 14.2. The van der Waals surface area contributed by atoms with E-state index >= 15 is 0 Å². The standard InChI is InChI=1S/C21H21N5O3S/c1-3-26-19(16-8-4-14(2)5-9-16)24-25-21(26)30-13-18(27)23-22-12-15-6-10-17(11-7-15)20(28)29/h4-12H,3,13H2,1-2H3,(H,23,27)(H,28,29). The lowest BCUT2D eigenvalue weighted by molar-refractivity contribution is -0.118. The van der Waals surface area contributed by atoms with Gasteiger partial charge in [-0.05, 0) is 31.5 Å². The number of carbonyl (C=O) groups excluding carboxylic acids is 1. The minimum atomic E-state index is -0.991. The fourth-order valence-electron chi connectivity index (χ4n) is 2.65. The van der Waals surface area contributed by atoms with Crippen molar-refractivity contribution in [2.24, 2.45) is 5.10 Å². The van der Waals surface area contributed by atoms with Gasteiger partial charge >= 0.3 is 5.97 Å². The molecule has 0 aliphatic heterocycles. The molecule has 0 saturated heterocycles. The van der Waals surface area contributed by atoms with Crippen LogP contribution in [-0.2, 0) is 11.3 Å². The SMILES string of the molecule is CCn1c(SCC(=O)NN=Cc2ccc(C(=O)O)cc2)nnc1-c1ccc(C)cc1. The molecule has 1 heterocycles. The Balaban J connectivity index is 1.57. The van der Waals surface area contributed by atoms with E-state index in [4.69, 9.17) is 5.11 Å². The van der Waals surface area contributed by atoms with Crippen molar-refractivity contribution in [1.82, 2.24) is 20.2 Å². The summed E-state index contributed by atoms with van der Waals surface area (Å²) in [4.78, 5) is 22.9. The molecule has 154 valence electrons. The molecule has 0 aliphatic rings. The third-order valence-electron chi connectivity index (χ3n) is 4.24. The van der Waals surface area contributed by atoms with Crippen molar-refractivity contribution in [1.29, 1.82) is 0 Å². The van der Waals surface area contributed by atoms with Gasteiger partial charge in [0.05, 0.1) is 17.5 Å². The van der Waals surface area contributed by atoms with Gasteiger partial charge in [-0.3, -0.25) is 4.79 Å². The fourth-order valence-corrected chi connectivity index (χ4v) is 3.44. The maximum Gasteiger partial charge on any atom is 0.335 e. The molecule has 3 rings (SSSR count). The predicted molar refractivity (Wildman–Crippen MR) is 116 cm³/mol. The zero-order valence-electron chi connectivity index (χ0n) is 16.6. The monoisotopic (exact) mass is 423 g/mol. The minimum absolute atomic E-state index is 0.140. The molecule has 2 N–H and O–H groups in total. The average Bonchev–Trinajstić information content (AvgIpc) is 3.16. The van der Waals surface area contributed by atoms with Crippen LogP contribution in [0.15, 0.2) is 58.8 Å². The Labute approximate surface area is 178 Å². The number of aromatic nitrogens is 3. The second-order valence-electron chi connectivity index (χ2n) is 6.43. The van der Waals surface area contributed by atoms with Crippen LogP contribution >= 0.6 is 11.8 Å². The lowest BCUT2D eigenvalue weighted by atomic mass is 10.1. The molecule has 8 nitrogen and oxygen atoms in total. The maximum atomic E-state index is 12.1. The van der Waals surface area contributed by atoms with Crippen molar-refractivity contribution in [3.63, 3.8) is 0 Å². The van der Waals surface area contributed by atoms with E-state index in [1.54, 1.807) is 12.1 Å². The zero-order valence-corrected chi connectivity index (χ0v) is 17.4. The number of aryl methyl sites for hydroxylation is 1. The van der Waals surface area contributed by atoms with Crippen LogP contribution in [0.25, 0.3) is 11.4 Å². The number of nitrogens with one attached hydrogen (secondary N) is 1. The average molecular weight is 423 g/mol. The topological polar surface area (TPSA) is 109 Å². The highest BCUT2D eigenvalue weighted by Crippen LogP contribution is 2.24. The number of benzene rings is 2. The Hall–Kier alpha value is -3.46. The van der Waals surface area contributed by atoms with Crippen LogP contribution in [0.5, 0.6) is 0 Å². The third-order valence-corrected chi connectivity index (χ3v) is 5.20. The summed E-state index contributed by atoms with van der Waals surface area (Å²) < 4.78 is 1.97. The van der Waals surface area contributed by atoms with E-state index in [0.717, 1.165) is 11.4 Å². The molecule has 0 radical (unpaired) electrons. The van der Waals surface area contributed by atoms with Gasteiger partial charge in [0, 0.05) is 12.1 Å². The number of hydrogen-bond donors (Lipinski definition) is 2. The van der Waals surface area contributed by atoms with Gasteiger partial charge in [-0.1, -0.05) is 53.7 Å². The number of hydrazone groups is 1. The van der Waals surface area contributed by atoms with E-state index < -0.39 is 5.97 Å². The molecule has 0 unspecified atom stereocenters. The maximum absolute atomic E-state index is 12.1. The Morgan fingerprint density at radius 2 is 1.83 bits per heavy atom. The first-order valence-corrected chi connectivity index (χ1v) is 10.2. The van der Waals surface area contributed by atoms with Crippen molar-refractivity contribution in [2.75, 3.05) is 5.75 Å². The van der Waals surface area contributed by atoms with E-state index in [1.807, 2.05) is 42.7 Å². The smallest absolute Gasteiger partial charge is 0.335 e. The van der Waals surface area contributed by atoms with Crippen molar-refractivity contribution in [3.8, 4) is 11.4 Å². The molecule has 9 heteroatoms. The van der Waals surface area contributed by atoms with E-state index in [-0.39, 0.29) is 17.2 Å². The second kappa shape index (κ2) is 9.84. The van der Waals surface area contributed by atoms with E-state index in [0.29, 0.717) is 17.3 Å². The van der Waals surface area contributed by atoms with Gasteiger partial charge in [-0.25, -0.2) is 10.2 Å². The highest BCUT2D eigenvalue weighted by Gasteiger charge is 2.14. The first-order chi connectivity index (χ1) is 14.5. The zero-order chi connectivity index (χ0) is 21.5. The summed E-state index contributed by atoms with van der Waals surface area (Å²) in [6.45, 7) is 4.72. The number of thioether (sulfide) groups is 1. The summed E-state index contributed by atoms with van der Waals surface area (Å²) in [7, 11) is 0. The van der Waals surface area contributed by atoms with Crippen LogP contribution in [0, 0.1) is 6.92 Å².